The monoisotopic (exact) mass is 242 g/mol. The minimum atomic E-state index is -0.431. The summed E-state index contributed by atoms with van der Waals surface area (Å²) >= 11 is 1.32. The molecule has 0 radical (unpaired) electrons. The largest absolute Gasteiger partial charge is 0.462 e. The highest BCUT2D eigenvalue weighted by Crippen LogP contribution is 2.28. The Kier molecular flexibility index (Phi) is 4.45. The second-order valence-electron chi connectivity index (χ2n) is 3.07. The molecule has 0 spiro atoms. The molecule has 0 saturated carbocycles. The lowest BCUT2D eigenvalue weighted by Gasteiger charge is -2.04. The van der Waals surface area contributed by atoms with Gasteiger partial charge in [0.05, 0.1) is 18.7 Å². The highest BCUT2D eigenvalue weighted by Gasteiger charge is 2.17. The fourth-order valence-electron chi connectivity index (χ4n) is 1.15. The zero-order valence-corrected chi connectivity index (χ0v) is 10.0. The molecule has 0 aliphatic carbocycles. The van der Waals surface area contributed by atoms with Crippen LogP contribution in [0.4, 0.5) is 5.00 Å². The molecule has 0 bridgehead atoms. The number of nitrogens with two attached hydrogens (primary N) is 1. The Balaban J connectivity index is 2.91. The highest BCUT2D eigenvalue weighted by molar-refractivity contribution is 7.16. The topological polar surface area (TPSA) is 81.4 Å². The van der Waals surface area contributed by atoms with Gasteiger partial charge in [-0.1, -0.05) is 0 Å². The zero-order chi connectivity index (χ0) is 12.1. The van der Waals surface area contributed by atoms with Crippen molar-refractivity contribution in [1.82, 2.24) is 0 Å². The fourth-order valence-corrected chi connectivity index (χ4v) is 2.06. The maximum atomic E-state index is 11.6. The first kappa shape index (κ1) is 12.7. The summed E-state index contributed by atoms with van der Waals surface area (Å²) in [6.07, 6.45) is 0. The van der Waals surface area contributed by atoms with Gasteiger partial charge in [0.2, 0.25) is 5.91 Å². The Morgan fingerprint density at radius 1 is 1.56 bits per heavy atom. The van der Waals surface area contributed by atoms with E-state index in [1.807, 2.05) is 6.92 Å². The number of ether oxygens (including phenoxy) is 1. The normalized spacial score (nSPS) is 9.94. The first-order chi connectivity index (χ1) is 7.58. The average Bonchev–Trinajstić information content (AvgIpc) is 2.59. The van der Waals surface area contributed by atoms with E-state index in [2.05, 4.69) is 5.32 Å². The molecule has 16 heavy (non-hydrogen) atoms. The van der Waals surface area contributed by atoms with Crippen molar-refractivity contribution in [3.8, 4) is 0 Å². The van der Waals surface area contributed by atoms with Gasteiger partial charge in [-0.2, -0.15) is 0 Å². The molecule has 88 valence electrons. The molecule has 3 N–H and O–H groups in total. The third-order valence-electron chi connectivity index (χ3n) is 1.79. The summed E-state index contributed by atoms with van der Waals surface area (Å²) in [5, 5.41) is 3.07. The number of carbonyl (C=O) groups excluding carboxylic acids is 2. The van der Waals surface area contributed by atoms with Crippen LogP contribution in [-0.4, -0.2) is 25.0 Å². The highest BCUT2D eigenvalue weighted by atomic mass is 32.1. The molecule has 5 nitrogen and oxygen atoms in total. The van der Waals surface area contributed by atoms with Crippen molar-refractivity contribution < 1.29 is 14.3 Å². The first-order valence-corrected chi connectivity index (χ1v) is 5.67. The molecule has 1 aromatic rings. The number of esters is 1. The molecular formula is C10H14N2O3S. The number of anilines is 1. The van der Waals surface area contributed by atoms with Gasteiger partial charge in [0.25, 0.3) is 0 Å². The van der Waals surface area contributed by atoms with Gasteiger partial charge in [-0.25, -0.2) is 4.79 Å². The SMILES string of the molecule is CCOC(=O)c1cc(C)sc1NC(=O)CN. The second-order valence-corrected chi connectivity index (χ2v) is 4.33. The maximum Gasteiger partial charge on any atom is 0.341 e. The summed E-state index contributed by atoms with van der Waals surface area (Å²) in [7, 11) is 0. The number of rotatable bonds is 4. The van der Waals surface area contributed by atoms with Crippen molar-refractivity contribution in [2.75, 3.05) is 18.5 Å². The number of aryl methyl sites for hydroxylation is 1. The van der Waals surface area contributed by atoms with Crippen molar-refractivity contribution in [2.24, 2.45) is 5.73 Å². The number of hydrogen-bond acceptors (Lipinski definition) is 5. The summed E-state index contributed by atoms with van der Waals surface area (Å²) in [5.74, 6) is -0.758. The van der Waals surface area contributed by atoms with Gasteiger partial charge in [0.15, 0.2) is 0 Å². The van der Waals surface area contributed by atoms with Crippen molar-refractivity contribution in [2.45, 2.75) is 13.8 Å². The maximum absolute atomic E-state index is 11.6. The lowest BCUT2D eigenvalue weighted by atomic mass is 10.3. The molecule has 1 aromatic heterocycles. The molecule has 1 amide bonds. The summed E-state index contributed by atoms with van der Waals surface area (Å²) in [5.41, 5.74) is 5.57. The molecule has 0 fully saturated rings. The van der Waals surface area contributed by atoms with E-state index >= 15 is 0 Å². The van der Waals surface area contributed by atoms with Gasteiger partial charge >= 0.3 is 5.97 Å². The van der Waals surface area contributed by atoms with E-state index in [1.165, 1.54) is 11.3 Å². The number of carbonyl (C=O) groups is 2. The smallest absolute Gasteiger partial charge is 0.341 e. The third kappa shape index (κ3) is 3.04. The Morgan fingerprint density at radius 2 is 2.25 bits per heavy atom. The van der Waals surface area contributed by atoms with Crippen molar-refractivity contribution in [3.63, 3.8) is 0 Å². The van der Waals surface area contributed by atoms with Gasteiger partial charge in [0.1, 0.15) is 5.00 Å². The standard InChI is InChI=1S/C10H14N2O3S/c1-3-15-10(14)7-4-6(2)16-9(7)12-8(13)5-11/h4H,3,5,11H2,1-2H3,(H,12,13). The van der Waals surface area contributed by atoms with E-state index in [0.29, 0.717) is 17.2 Å². The van der Waals surface area contributed by atoms with Gasteiger partial charge in [-0.15, -0.1) is 11.3 Å². The van der Waals surface area contributed by atoms with Crippen LogP contribution in [0.2, 0.25) is 0 Å². The van der Waals surface area contributed by atoms with E-state index in [0.717, 1.165) is 4.88 Å². The first-order valence-electron chi connectivity index (χ1n) is 4.86. The van der Waals surface area contributed by atoms with Crippen LogP contribution in [0.3, 0.4) is 0 Å². The third-order valence-corrected chi connectivity index (χ3v) is 2.75. The van der Waals surface area contributed by atoms with Crippen LogP contribution >= 0.6 is 11.3 Å². The van der Waals surface area contributed by atoms with Gasteiger partial charge in [-0.05, 0) is 19.9 Å². The predicted octanol–water partition coefficient (Wildman–Crippen LogP) is 1.13. The Labute approximate surface area is 97.6 Å². The number of thiophene rings is 1. The lowest BCUT2D eigenvalue weighted by Crippen LogP contribution is -2.22. The van der Waals surface area contributed by atoms with E-state index in [9.17, 15) is 9.59 Å². The molecule has 0 aliphatic heterocycles. The van der Waals surface area contributed by atoms with E-state index in [1.54, 1.807) is 13.0 Å². The number of nitrogens with one attached hydrogen (secondary N) is 1. The van der Waals surface area contributed by atoms with Gasteiger partial charge in [0, 0.05) is 4.88 Å². The molecule has 1 heterocycles. The van der Waals surface area contributed by atoms with Crippen LogP contribution in [0.5, 0.6) is 0 Å². The quantitative estimate of drug-likeness (QED) is 0.775. The summed E-state index contributed by atoms with van der Waals surface area (Å²) in [6.45, 7) is 3.78. The van der Waals surface area contributed by atoms with Crippen LogP contribution in [-0.2, 0) is 9.53 Å². The van der Waals surface area contributed by atoms with Crippen LogP contribution in [0, 0.1) is 6.92 Å². The van der Waals surface area contributed by atoms with Gasteiger partial charge in [-0.3, -0.25) is 4.79 Å². The molecule has 0 aliphatic rings. The molecule has 0 unspecified atom stereocenters. The number of hydrogen-bond donors (Lipinski definition) is 2. The number of amides is 1. The van der Waals surface area contributed by atoms with Crippen molar-refractivity contribution >= 4 is 28.2 Å². The second kappa shape index (κ2) is 5.62. The summed E-state index contributed by atoms with van der Waals surface area (Å²) in [6, 6.07) is 1.69. The molecule has 6 heteroatoms. The Hall–Kier alpha value is -1.40. The van der Waals surface area contributed by atoms with Crippen molar-refractivity contribution in [1.29, 1.82) is 0 Å². The Bertz CT molecular complexity index is 401. The molecule has 1 rings (SSSR count). The lowest BCUT2D eigenvalue weighted by molar-refractivity contribution is -0.114. The van der Waals surface area contributed by atoms with Crippen LogP contribution in [0.25, 0.3) is 0 Å². The molecule has 0 aromatic carbocycles. The van der Waals surface area contributed by atoms with E-state index < -0.39 is 5.97 Å². The minimum absolute atomic E-state index is 0.112. The van der Waals surface area contributed by atoms with Crippen LogP contribution in [0.1, 0.15) is 22.2 Å². The zero-order valence-electron chi connectivity index (χ0n) is 9.20. The van der Waals surface area contributed by atoms with Crippen molar-refractivity contribution in [3.05, 3.63) is 16.5 Å². The summed E-state index contributed by atoms with van der Waals surface area (Å²) < 4.78 is 4.88. The van der Waals surface area contributed by atoms with E-state index in [4.69, 9.17) is 10.5 Å². The van der Waals surface area contributed by atoms with Crippen LogP contribution < -0.4 is 11.1 Å². The predicted molar refractivity (Wildman–Crippen MR) is 62.7 cm³/mol. The van der Waals surface area contributed by atoms with Gasteiger partial charge < -0.3 is 15.8 Å². The average molecular weight is 242 g/mol. The van der Waals surface area contributed by atoms with E-state index in [-0.39, 0.29) is 12.5 Å². The molecule has 0 atom stereocenters. The van der Waals surface area contributed by atoms with Crippen LogP contribution in [0.15, 0.2) is 6.07 Å². The molecule has 0 saturated heterocycles. The minimum Gasteiger partial charge on any atom is -0.462 e. The fraction of sp³-hybridized carbons (Fsp3) is 0.400. The summed E-state index contributed by atoms with van der Waals surface area (Å²) in [4.78, 5) is 23.6. The Morgan fingerprint density at radius 3 is 2.81 bits per heavy atom. The molecular weight excluding hydrogens is 228 g/mol.